The van der Waals surface area contributed by atoms with E-state index >= 15 is 0 Å². The summed E-state index contributed by atoms with van der Waals surface area (Å²) in [6.07, 6.45) is 2.63. The van der Waals surface area contributed by atoms with Gasteiger partial charge in [-0.1, -0.05) is 0 Å². The van der Waals surface area contributed by atoms with Gasteiger partial charge >= 0.3 is 6.03 Å². The Morgan fingerprint density at radius 2 is 2.06 bits per heavy atom. The van der Waals surface area contributed by atoms with Crippen molar-refractivity contribution >= 4 is 6.03 Å². The second-order valence-electron chi connectivity index (χ2n) is 4.33. The van der Waals surface area contributed by atoms with Gasteiger partial charge in [-0.15, -0.1) is 0 Å². The van der Waals surface area contributed by atoms with Crippen molar-refractivity contribution < 1.29 is 9.53 Å². The van der Waals surface area contributed by atoms with Crippen LogP contribution in [-0.4, -0.2) is 56.9 Å². The zero-order valence-electron chi connectivity index (χ0n) is 10.5. The summed E-state index contributed by atoms with van der Waals surface area (Å²) in [5, 5.41) is 6.20. The predicted molar refractivity (Wildman–Crippen MR) is 63.5 cm³/mol. The number of nitrogens with one attached hydrogen (secondary N) is 2. The summed E-state index contributed by atoms with van der Waals surface area (Å²) in [7, 11) is 3.47. The monoisotopic (exact) mass is 229 g/mol. The Kier molecular flexibility index (Phi) is 5.55. The molecule has 0 aromatic rings. The quantitative estimate of drug-likeness (QED) is 0.649. The van der Waals surface area contributed by atoms with Gasteiger partial charge in [-0.2, -0.15) is 0 Å². The largest absolute Gasteiger partial charge is 0.378 e. The van der Waals surface area contributed by atoms with Gasteiger partial charge < -0.3 is 20.3 Å². The van der Waals surface area contributed by atoms with Crippen LogP contribution in [0.4, 0.5) is 4.79 Å². The molecular weight excluding hydrogens is 206 g/mol. The van der Waals surface area contributed by atoms with Gasteiger partial charge in [0.15, 0.2) is 0 Å². The van der Waals surface area contributed by atoms with Crippen molar-refractivity contribution in [1.82, 2.24) is 15.5 Å². The van der Waals surface area contributed by atoms with Crippen LogP contribution in [0.3, 0.4) is 0 Å². The first-order valence-electron chi connectivity index (χ1n) is 5.93. The van der Waals surface area contributed by atoms with Gasteiger partial charge in [0.1, 0.15) is 0 Å². The maximum absolute atomic E-state index is 11.2. The second-order valence-corrected chi connectivity index (χ2v) is 4.33. The summed E-state index contributed by atoms with van der Waals surface area (Å²) in [4.78, 5) is 12.7. The Hall–Kier alpha value is -0.810. The summed E-state index contributed by atoms with van der Waals surface area (Å²) in [6, 6.07) is 0.524. The van der Waals surface area contributed by atoms with E-state index in [0.717, 1.165) is 26.0 Å². The van der Waals surface area contributed by atoms with E-state index in [-0.39, 0.29) is 6.03 Å². The second kappa shape index (κ2) is 6.70. The van der Waals surface area contributed by atoms with Crippen LogP contribution in [0, 0.1) is 0 Å². The zero-order chi connectivity index (χ0) is 12.0. The maximum Gasteiger partial charge on any atom is 0.316 e. The molecule has 2 N–H and O–H groups in total. The van der Waals surface area contributed by atoms with E-state index in [1.54, 1.807) is 14.1 Å². The molecule has 0 spiro atoms. The minimum Gasteiger partial charge on any atom is -0.378 e. The van der Waals surface area contributed by atoms with Crippen molar-refractivity contribution in [2.45, 2.75) is 31.9 Å². The number of carbonyl (C=O) groups is 1. The van der Waals surface area contributed by atoms with Crippen LogP contribution in [0.2, 0.25) is 0 Å². The van der Waals surface area contributed by atoms with E-state index in [1.165, 1.54) is 4.90 Å². The topological polar surface area (TPSA) is 53.6 Å². The van der Waals surface area contributed by atoms with Crippen LogP contribution in [0.15, 0.2) is 0 Å². The van der Waals surface area contributed by atoms with Gasteiger partial charge in [0, 0.05) is 39.8 Å². The van der Waals surface area contributed by atoms with E-state index in [2.05, 4.69) is 10.6 Å². The van der Waals surface area contributed by atoms with Gasteiger partial charge in [-0.05, 0) is 19.8 Å². The summed E-state index contributed by atoms with van der Waals surface area (Å²) < 4.78 is 5.47. The molecular formula is C11H23N3O2. The van der Waals surface area contributed by atoms with E-state index < -0.39 is 0 Å². The van der Waals surface area contributed by atoms with Gasteiger partial charge in [0.05, 0.1) is 6.10 Å². The van der Waals surface area contributed by atoms with Gasteiger partial charge in [-0.3, -0.25) is 0 Å². The normalized spacial score (nSPS) is 23.7. The number of amides is 2. The molecule has 0 aromatic carbocycles. The first-order valence-corrected chi connectivity index (χ1v) is 5.93. The average Bonchev–Trinajstić information content (AvgIpc) is 2.19. The summed E-state index contributed by atoms with van der Waals surface area (Å²) in [6.45, 7) is 4.32. The Morgan fingerprint density at radius 3 is 2.62 bits per heavy atom. The van der Waals surface area contributed by atoms with Crippen molar-refractivity contribution in [1.29, 1.82) is 0 Å². The molecule has 1 rings (SSSR count). The third-order valence-corrected chi connectivity index (χ3v) is 2.74. The molecule has 0 bridgehead atoms. The number of hydrogen-bond donors (Lipinski definition) is 2. The summed E-state index contributed by atoms with van der Waals surface area (Å²) >= 11 is 0. The lowest BCUT2D eigenvalue weighted by Gasteiger charge is -2.35. The molecule has 0 aromatic heterocycles. The highest BCUT2D eigenvalue weighted by molar-refractivity contribution is 5.73. The highest BCUT2D eigenvalue weighted by atomic mass is 16.5. The lowest BCUT2D eigenvalue weighted by Crippen LogP contribution is -2.48. The number of rotatable bonds is 6. The minimum atomic E-state index is -0.0393. The minimum absolute atomic E-state index is 0.0393. The van der Waals surface area contributed by atoms with Crippen LogP contribution in [0.25, 0.3) is 0 Å². The molecule has 0 saturated heterocycles. The molecule has 0 heterocycles. The van der Waals surface area contributed by atoms with E-state index in [4.69, 9.17) is 4.74 Å². The highest BCUT2D eigenvalue weighted by Gasteiger charge is 2.28. The molecule has 0 aliphatic heterocycles. The van der Waals surface area contributed by atoms with E-state index in [1.807, 2.05) is 6.92 Å². The zero-order valence-corrected chi connectivity index (χ0v) is 10.5. The van der Waals surface area contributed by atoms with E-state index in [9.17, 15) is 4.79 Å². The lowest BCUT2D eigenvalue weighted by molar-refractivity contribution is -0.00958. The molecule has 0 atom stereocenters. The molecule has 5 heteroatoms. The van der Waals surface area contributed by atoms with Crippen LogP contribution in [0.5, 0.6) is 0 Å². The van der Waals surface area contributed by atoms with E-state index in [0.29, 0.717) is 18.7 Å². The Bertz CT molecular complexity index is 215. The van der Waals surface area contributed by atoms with Gasteiger partial charge in [-0.25, -0.2) is 4.79 Å². The Morgan fingerprint density at radius 1 is 1.38 bits per heavy atom. The maximum atomic E-state index is 11.2. The molecule has 1 aliphatic carbocycles. The first kappa shape index (κ1) is 13.3. The molecule has 0 radical (unpaired) electrons. The van der Waals surface area contributed by atoms with Crippen LogP contribution in [-0.2, 0) is 4.74 Å². The molecule has 1 aliphatic rings. The molecule has 1 saturated carbocycles. The van der Waals surface area contributed by atoms with Crippen molar-refractivity contribution in [3.05, 3.63) is 0 Å². The van der Waals surface area contributed by atoms with Gasteiger partial charge in [0.2, 0.25) is 0 Å². The molecule has 5 nitrogen and oxygen atoms in total. The third-order valence-electron chi connectivity index (χ3n) is 2.74. The Labute approximate surface area is 97.5 Å². The van der Waals surface area contributed by atoms with Crippen LogP contribution in [0.1, 0.15) is 19.8 Å². The van der Waals surface area contributed by atoms with Crippen molar-refractivity contribution in [2.24, 2.45) is 0 Å². The Balaban J connectivity index is 1.92. The number of ether oxygens (including phenoxy) is 1. The van der Waals surface area contributed by atoms with Crippen molar-refractivity contribution in [2.75, 3.05) is 33.8 Å². The number of urea groups is 1. The number of carbonyl (C=O) groups excluding carboxylic acids is 1. The van der Waals surface area contributed by atoms with Crippen LogP contribution < -0.4 is 10.6 Å². The first-order chi connectivity index (χ1) is 7.63. The van der Waals surface area contributed by atoms with Gasteiger partial charge in [0.25, 0.3) is 0 Å². The molecule has 2 amide bonds. The fraction of sp³-hybridized carbons (Fsp3) is 0.909. The summed E-state index contributed by atoms with van der Waals surface area (Å²) in [5.41, 5.74) is 0. The lowest BCUT2D eigenvalue weighted by atomic mass is 9.89. The fourth-order valence-electron chi connectivity index (χ4n) is 1.71. The highest BCUT2D eigenvalue weighted by Crippen LogP contribution is 2.22. The average molecular weight is 229 g/mol. The number of nitrogens with zero attached hydrogens (tertiary/aromatic N) is 1. The van der Waals surface area contributed by atoms with Crippen molar-refractivity contribution in [3.8, 4) is 0 Å². The smallest absolute Gasteiger partial charge is 0.316 e. The molecule has 16 heavy (non-hydrogen) atoms. The molecule has 94 valence electrons. The molecule has 0 unspecified atom stereocenters. The standard InChI is InChI=1S/C11H23N3O2/c1-4-16-10-7-9(8-10)12-5-6-13-11(15)14(2)3/h9-10,12H,4-8H2,1-3H3,(H,13,15). The van der Waals surface area contributed by atoms with Crippen LogP contribution >= 0.6 is 0 Å². The summed E-state index contributed by atoms with van der Waals surface area (Å²) in [5.74, 6) is 0. The number of hydrogen-bond acceptors (Lipinski definition) is 3. The third kappa shape index (κ3) is 4.37. The molecule has 1 fully saturated rings. The van der Waals surface area contributed by atoms with Crippen molar-refractivity contribution in [3.63, 3.8) is 0 Å². The predicted octanol–water partition coefficient (Wildman–Crippen LogP) is 0.415. The fourth-order valence-corrected chi connectivity index (χ4v) is 1.71. The SMILES string of the molecule is CCOC1CC(NCCNC(=O)N(C)C)C1.